The summed E-state index contributed by atoms with van der Waals surface area (Å²) in [6.07, 6.45) is 14.9. The Bertz CT molecular complexity index is 1110. The van der Waals surface area contributed by atoms with Gasteiger partial charge in [-0.2, -0.15) is 0 Å². The number of carbonyl (C=O) groups is 1. The summed E-state index contributed by atoms with van der Waals surface area (Å²) in [5.41, 5.74) is -0.151. The number of carbonyl (C=O) groups excluding carboxylic acids is 1. The molecule has 4 saturated carbocycles. The number of hydrogen-bond donors (Lipinski definition) is 2. The van der Waals surface area contributed by atoms with Gasteiger partial charge in [-0.1, -0.05) is 19.9 Å². The third-order valence-electron chi connectivity index (χ3n) is 12.4. The lowest BCUT2D eigenvalue weighted by Crippen LogP contribution is -2.65. The van der Waals surface area contributed by atoms with E-state index in [-0.39, 0.29) is 45.8 Å². The molecule has 1 aromatic heterocycles. The Morgan fingerprint density at radius 1 is 1.05 bits per heavy atom. The minimum atomic E-state index is -0.714. The van der Waals surface area contributed by atoms with Gasteiger partial charge in [0.15, 0.2) is 0 Å². The van der Waals surface area contributed by atoms with Crippen molar-refractivity contribution in [2.24, 2.45) is 28.1 Å². The molecule has 2 amide bonds. The second-order valence-electron chi connectivity index (χ2n) is 13.5. The predicted molar refractivity (Wildman–Crippen MR) is 143 cm³/mol. The molecular formula is C31H44N2O4. The Kier molecular flexibility index (Phi) is 5.94. The highest BCUT2D eigenvalue weighted by Gasteiger charge is 2.69. The molecular weight excluding hydrogens is 464 g/mol. The van der Waals surface area contributed by atoms with E-state index in [1.165, 1.54) is 6.07 Å². The first-order valence-electron chi connectivity index (χ1n) is 14.7. The predicted octanol–water partition coefficient (Wildman–Crippen LogP) is 5.61. The molecule has 8 atom stereocenters. The first-order chi connectivity index (χ1) is 17.7. The molecule has 5 aliphatic rings. The molecule has 6 heteroatoms. The number of amides is 2. The molecule has 1 aromatic rings. The molecule has 1 unspecified atom stereocenters. The normalized spacial score (nSPS) is 45.0. The molecule has 4 aliphatic carbocycles. The standard InChI is InChI=1S/C31H44N2O4/c1-4-30-15-11-25-24(28(30,2)13-9-22(19-30)32-27(35)33-17-5-6-18-33)10-14-29(3)23(12-16-31(25,29)36)21-7-8-26(34)37-20-21/h4,7-8,20,22-25,36H,1,5-6,9-19H2,2-3H3,(H,32,35)/t22?,23-,24+,25-,28-,29-,30-,31+/m1/s1. The Balaban J connectivity index is 1.25. The van der Waals surface area contributed by atoms with Crippen molar-refractivity contribution in [3.8, 4) is 0 Å². The van der Waals surface area contributed by atoms with Crippen LogP contribution in [0.5, 0.6) is 0 Å². The number of urea groups is 1. The maximum Gasteiger partial charge on any atom is 0.335 e. The number of allylic oxidation sites excluding steroid dienone is 1. The molecule has 2 heterocycles. The highest BCUT2D eigenvalue weighted by Crippen LogP contribution is 2.73. The lowest BCUT2D eigenvalue weighted by atomic mass is 9.39. The van der Waals surface area contributed by atoms with Crippen LogP contribution in [0.1, 0.15) is 96.0 Å². The summed E-state index contributed by atoms with van der Waals surface area (Å²) in [6, 6.07) is 3.72. The van der Waals surface area contributed by atoms with Crippen LogP contribution in [-0.4, -0.2) is 40.8 Å². The fourth-order valence-corrected chi connectivity index (χ4v) is 10.1. The zero-order valence-corrected chi connectivity index (χ0v) is 22.6. The van der Waals surface area contributed by atoms with Crippen molar-refractivity contribution >= 4 is 6.03 Å². The summed E-state index contributed by atoms with van der Waals surface area (Å²) in [4.78, 5) is 26.4. The molecule has 37 heavy (non-hydrogen) atoms. The summed E-state index contributed by atoms with van der Waals surface area (Å²) in [7, 11) is 0. The van der Waals surface area contributed by atoms with Crippen molar-refractivity contribution in [1.82, 2.24) is 10.2 Å². The maximum atomic E-state index is 12.9. The Hall–Kier alpha value is -2.08. The minimum absolute atomic E-state index is 0.0136. The lowest BCUT2D eigenvalue weighted by Gasteiger charge is -2.67. The van der Waals surface area contributed by atoms with Crippen molar-refractivity contribution in [1.29, 1.82) is 0 Å². The van der Waals surface area contributed by atoms with E-state index in [0.717, 1.165) is 89.3 Å². The van der Waals surface area contributed by atoms with Gasteiger partial charge >= 0.3 is 11.7 Å². The first-order valence-corrected chi connectivity index (χ1v) is 14.7. The number of fused-ring (bicyclic) bond motifs is 5. The van der Waals surface area contributed by atoms with E-state index < -0.39 is 5.60 Å². The zero-order valence-electron chi connectivity index (χ0n) is 22.6. The van der Waals surface area contributed by atoms with Gasteiger partial charge in [-0.05, 0) is 111 Å². The van der Waals surface area contributed by atoms with Gasteiger partial charge in [-0.15, -0.1) is 6.58 Å². The van der Waals surface area contributed by atoms with Crippen LogP contribution in [0.25, 0.3) is 0 Å². The molecule has 1 saturated heterocycles. The van der Waals surface area contributed by atoms with Gasteiger partial charge in [0.2, 0.25) is 0 Å². The van der Waals surface area contributed by atoms with Crippen LogP contribution < -0.4 is 10.9 Å². The van der Waals surface area contributed by atoms with E-state index in [1.807, 2.05) is 11.0 Å². The first kappa shape index (κ1) is 25.2. The number of nitrogens with zero attached hydrogens (tertiary/aromatic N) is 1. The van der Waals surface area contributed by atoms with Crippen molar-refractivity contribution in [3.63, 3.8) is 0 Å². The minimum Gasteiger partial charge on any atom is -0.431 e. The van der Waals surface area contributed by atoms with E-state index in [4.69, 9.17) is 4.42 Å². The van der Waals surface area contributed by atoms with Gasteiger partial charge in [-0.25, -0.2) is 9.59 Å². The Labute approximate surface area is 220 Å². The van der Waals surface area contributed by atoms with Crippen LogP contribution in [0.4, 0.5) is 4.79 Å². The van der Waals surface area contributed by atoms with Crippen LogP contribution in [0.15, 0.2) is 40.3 Å². The smallest absolute Gasteiger partial charge is 0.335 e. The maximum absolute atomic E-state index is 12.9. The second kappa shape index (κ2) is 8.72. The molecule has 5 fully saturated rings. The molecule has 6 rings (SSSR count). The van der Waals surface area contributed by atoms with Crippen LogP contribution in [0.3, 0.4) is 0 Å². The number of nitrogens with one attached hydrogen (secondary N) is 1. The summed E-state index contributed by atoms with van der Waals surface area (Å²) in [6.45, 7) is 10.9. The largest absolute Gasteiger partial charge is 0.431 e. The van der Waals surface area contributed by atoms with Crippen LogP contribution in [0.2, 0.25) is 0 Å². The SMILES string of the molecule is C=C[C@]12CC[C@@H]3[C@H](CC[C@]4(C)[C@@H](c5ccc(=O)oc5)CC[C@]34O)[C@@]1(C)CCC(NC(=O)N1CCCC1)C2. The molecule has 1 aliphatic heterocycles. The fraction of sp³-hybridized carbons (Fsp3) is 0.742. The molecule has 0 aromatic carbocycles. The van der Waals surface area contributed by atoms with Gasteiger partial charge in [0, 0.05) is 30.6 Å². The molecule has 0 bridgehead atoms. The highest BCUT2D eigenvalue weighted by atomic mass is 16.4. The van der Waals surface area contributed by atoms with Gasteiger partial charge in [0.25, 0.3) is 0 Å². The van der Waals surface area contributed by atoms with E-state index in [9.17, 15) is 14.7 Å². The van der Waals surface area contributed by atoms with E-state index in [1.54, 1.807) is 6.26 Å². The average Bonchev–Trinajstić information content (AvgIpc) is 3.52. The molecule has 0 radical (unpaired) electrons. The summed E-state index contributed by atoms with van der Waals surface area (Å²) in [5.74, 6) is 0.916. The van der Waals surface area contributed by atoms with Crippen LogP contribution in [0, 0.1) is 28.1 Å². The third kappa shape index (κ3) is 3.53. The van der Waals surface area contributed by atoms with E-state index >= 15 is 0 Å². The Morgan fingerprint density at radius 2 is 1.78 bits per heavy atom. The molecule has 6 nitrogen and oxygen atoms in total. The quantitative estimate of drug-likeness (QED) is 0.520. The van der Waals surface area contributed by atoms with Gasteiger partial charge < -0.3 is 19.7 Å². The van der Waals surface area contributed by atoms with Crippen molar-refractivity contribution in [2.75, 3.05) is 13.1 Å². The third-order valence-corrected chi connectivity index (χ3v) is 12.4. The van der Waals surface area contributed by atoms with E-state index in [0.29, 0.717) is 5.92 Å². The van der Waals surface area contributed by atoms with Crippen LogP contribution in [-0.2, 0) is 0 Å². The number of aliphatic hydroxyl groups is 1. The van der Waals surface area contributed by atoms with Crippen LogP contribution >= 0.6 is 0 Å². The molecule has 202 valence electrons. The monoisotopic (exact) mass is 508 g/mol. The van der Waals surface area contributed by atoms with Crippen molar-refractivity contribution < 1.29 is 14.3 Å². The number of likely N-dealkylation sites (tertiary alicyclic amines) is 1. The second-order valence-corrected chi connectivity index (χ2v) is 13.5. The molecule has 0 spiro atoms. The number of hydrogen-bond acceptors (Lipinski definition) is 4. The Morgan fingerprint density at radius 3 is 2.49 bits per heavy atom. The number of rotatable bonds is 3. The summed E-state index contributed by atoms with van der Waals surface area (Å²) < 4.78 is 5.24. The molecule has 2 N–H and O–H groups in total. The van der Waals surface area contributed by atoms with Crippen molar-refractivity contribution in [3.05, 3.63) is 47.0 Å². The van der Waals surface area contributed by atoms with Gasteiger partial charge in [0.1, 0.15) is 0 Å². The highest BCUT2D eigenvalue weighted by molar-refractivity contribution is 5.74. The summed E-state index contributed by atoms with van der Waals surface area (Å²) in [5, 5.41) is 15.9. The van der Waals surface area contributed by atoms with Crippen molar-refractivity contribution in [2.45, 2.75) is 102 Å². The topological polar surface area (TPSA) is 82.8 Å². The zero-order chi connectivity index (χ0) is 26.1. The average molecular weight is 509 g/mol. The van der Waals surface area contributed by atoms with E-state index in [2.05, 4.69) is 31.8 Å². The van der Waals surface area contributed by atoms with Gasteiger partial charge in [0.05, 0.1) is 11.9 Å². The fourth-order valence-electron chi connectivity index (χ4n) is 10.1. The van der Waals surface area contributed by atoms with Gasteiger partial charge in [-0.3, -0.25) is 0 Å². The lowest BCUT2D eigenvalue weighted by molar-refractivity contribution is -0.215. The summed E-state index contributed by atoms with van der Waals surface area (Å²) >= 11 is 0.